The van der Waals surface area contributed by atoms with E-state index in [-0.39, 0.29) is 24.0 Å². The van der Waals surface area contributed by atoms with Crippen LogP contribution in [-0.2, 0) is 6.18 Å². The van der Waals surface area contributed by atoms with Gasteiger partial charge in [0.2, 0.25) is 0 Å². The van der Waals surface area contributed by atoms with Gasteiger partial charge in [0, 0.05) is 87.8 Å². The minimum atomic E-state index is -4.57. The number of nitrogens with one attached hydrogen (secondary N) is 1. The summed E-state index contributed by atoms with van der Waals surface area (Å²) >= 11 is 0. The minimum absolute atomic E-state index is 0.0640. The molecule has 50 heavy (non-hydrogen) atoms. The summed E-state index contributed by atoms with van der Waals surface area (Å²) in [6.07, 6.45) is 1.90. The molecular formula is C34H37F3N12O. The standard InChI is InChI=1S/C17H17F3N6.C17H20N6O/c1-24-8-10-25(11-9-24)14-3-2-13-22-16(17(18,19)20)15(26(13)23-14)12-4-6-21-7-5-12;1-12-17(13-4-6-18-7-5-13)23-15(20-12)2-3-16(21-23)22-9-8-19-14(10-22)11-24/h2-7H,8-11H2,1H3;2-7,14,19,24H,8-11H2,1H3. The summed E-state index contributed by atoms with van der Waals surface area (Å²) in [5, 5.41) is 22.0. The molecule has 6 aromatic rings. The first-order valence-electron chi connectivity index (χ1n) is 16.4. The topological polar surface area (TPSA) is 128 Å². The summed E-state index contributed by atoms with van der Waals surface area (Å²) in [7, 11) is 2.04. The van der Waals surface area contributed by atoms with Crippen molar-refractivity contribution in [1.82, 2.24) is 49.4 Å². The number of nitrogens with zero attached hydrogens (tertiary/aromatic N) is 11. The predicted molar refractivity (Wildman–Crippen MR) is 183 cm³/mol. The van der Waals surface area contributed by atoms with Crippen LogP contribution in [0.2, 0.25) is 0 Å². The molecule has 8 rings (SSSR count). The van der Waals surface area contributed by atoms with Gasteiger partial charge in [0.15, 0.2) is 17.0 Å². The Kier molecular flexibility index (Phi) is 9.31. The van der Waals surface area contributed by atoms with Crippen LogP contribution in [0.1, 0.15) is 11.4 Å². The molecular weight excluding hydrogens is 649 g/mol. The number of aryl methyl sites for hydroxylation is 1. The van der Waals surface area contributed by atoms with Gasteiger partial charge in [-0.2, -0.15) is 13.2 Å². The molecule has 0 saturated carbocycles. The van der Waals surface area contributed by atoms with E-state index in [1.54, 1.807) is 24.5 Å². The van der Waals surface area contributed by atoms with Gasteiger partial charge in [0.25, 0.3) is 0 Å². The zero-order valence-corrected chi connectivity index (χ0v) is 27.7. The second kappa shape index (κ2) is 14.0. The molecule has 0 aliphatic carbocycles. The van der Waals surface area contributed by atoms with Gasteiger partial charge in [-0.3, -0.25) is 9.97 Å². The number of hydrogen-bond acceptors (Lipinski definition) is 11. The fourth-order valence-corrected chi connectivity index (χ4v) is 6.29. The van der Waals surface area contributed by atoms with E-state index < -0.39 is 11.9 Å². The van der Waals surface area contributed by atoms with Crippen LogP contribution in [0.15, 0.2) is 73.3 Å². The number of hydrogen-bond donors (Lipinski definition) is 2. The maximum absolute atomic E-state index is 13.5. The Morgan fingerprint density at radius 2 is 1.30 bits per heavy atom. The number of aliphatic hydroxyl groups is 1. The Hall–Kier alpha value is -5.19. The molecule has 1 atom stereocenters. The van der Waals surface area contributed by atoms with Crippen molar-refractivity contribution >= 4 is 22.9 Å². The maximum atomic E-state index is 13.5. The largest absolute Gasteiger partial charge is 0.435 e. The summed E-state index contributed by atoms with van der Waals surface area (Å²) in [6.45, 7) is 7.90. The van der Waals surface area contributed by atoms with Gasteiger partial charge < -0.3 is 25.1 Å². The summed E-state index contributed by atoms with van der Waals surface area (Å²) < 4.78 is 43.8. The van der Waals surface area contributed by atoms with Crippen molar-refractivity contribution in [3.63, 3.8) is 0 Å². The minimum Gasteiger partial charge on any atom is -0.395 e. The number of imidazole rings is 2. The van der Waals surface area contributed by atoms with Crippen LogP contribution in [-0.4, -0.2) is 115 Å². The van der Waals surface area contributed by atoms with Gasteiger partial charge >= 0.3 is 6.18 Å². The zero-order valence-electron chi connectivity index (χ0n) is 27.7. The van der Waals surface area contributed by atoms with E-state index in [1.165, 1.54) is 29.0 Å². The van der Waals surface area contributed by atoms with Crippen molar-refractivity contribution in [2.24, 2.45) is 0 Å². The average Bonchev–Trinajstić information content (AvgIpc) is 3.70. The molecule has 8 heterocycles. The van der Waals surface area contributed by atoms with E-state index in [1.807, 2.05) is 42.8 Å². The SMILES string of the molecule is CN1CCN(c2ccc3nc(C(F)(F)F)c(-c4ccncc4)n3n2)CC1.Cc1nc2ccc(N3CCNC(CO)C3)nn2c1-c1ccncc1. The van der Waals surface area contributed by atoms with E-state index in [0.717, 1.165) is 74.2 Å². The molecule has 2 fully saturated rings. The molecule has 0 radical (unpaired) electrons. The van der Waals surface area contributed by atoms with Crippen LogP contribution in [0.25, 0.3) is 33.8 Å². The van der Waals surface area contributed by atoms with Crippen molar-refractivity contribution in [2.45, 2.75) is 19.1 Å². The molecule has 0 amide bonds. The van der Waals surface area contributed by atoms with Gasteiger partial charge in [0.1, 0.15) is 17.3 Å². The highest BCUT2D eigenvalue weighted by Gasteiger charge is 2.39. The van der Waals surface area contributed by atoms with Gasteiger partial charge in [-0.05, 0) is 62.5 Å². The number of halogens is 3. The number of alkyl halides is 3. The quantitative estimate of drug-likeness (QED) is 0.277. The first-order chi connectivity index (χ1) is 24.2. The number of aromatic nitrogens is 8. The highest BCUT2D eigenvalue weighted by molar-refractivity contribution is 5.68. The zero-order chi connectivity index (χ0) is 34.8. The second-order valence-corrected chi connectivity index (χ2v) is 12.3. The Bertz CT molecular complexity index is 2060. The molecule has 16 heteroatoms. The van der Waals surface area contributed by atoms with Crippen molar-refractivity contribution in [3.8, 4) is 22.5 Å². The van der Waals surface area contributed by atoms with E-state index in [2.05, 4.69) is 45.1 Å². The van der Waals surface area contributed by atoms with Crippen molar-refractivity contribution in [3.05, 3.63) is 84.7 Å². The first-order valence-corrected chi connectivity index (χ1v) is 16.4. The first kappa shape index (κ1) is 33.3. The van der Waals surface area contributed by atoms with Gasteiger partial charge in [0.05, 0.1) is 18.0 Å². The fraction of sp³-hybridized carbons (Fsp3) is 0.353. The van der Waals surface area contributed by atoms with Crippen LogP contribution in [0.3, 0.4) is 0 Å². The molecule has 2 N–H and O–H groups in total. The third-order valence-corrected chi connectivity index (χ3v) is 8.90. The molecule has 2 saturated heterocycles. The predicted octanol–water partition coefficient (Wildman–Crippen LogP) is 3.43. The monoisotopic (exact) mass is 686 g/mol. The number of aliphatic hydroxyl groups excluding tert-OH is 1. The van der Waals surface area contributed by atoms with Crippen molar-refractivity contribution in [2.75, 3.05) is 69.3 Å². The molecule has 1 unspecified atom stereocenters. The Labute approximate surface area is 286 Å². The summed E-state index contributed by atoms with van der Waals surface area (Å²) in [5.74, 6) is 1.54. The third-order valence-electron chi connectivity index (χ3n) is 8.90. The van der Waals surface area contributed by atoms with Gasteiger partial charge in [-0.25, -0.2) is 19.0 Å². The number of anilines is 2. The smallest absolute Gasteiger partial charge is 0.395 e. The maximum Gasteiger partial charge on any atom is 0.435 e. The molecule has 6 aromatic heterocycles. The van der Waals surface area contributed by atoms with Crippen LogP contribution in [0.5, 0.6) is 0 Å². The van der Waals surface area contributed by atoms with E-state index in [4.69, 9.17) is 5.10 Å². The molecule has 0 bridgehead atoms. The Balaban J connectivity index is 0.000000157. The second-order valence-electron chi connectivity index (χ2n) is 12.3. The fourth-order valence-electron chi connectivity index (χ4n) is 6.29. The highest BCUT2D eigenvalue weighted by atomic mass is 19.4. The molecule has 0 aromatic carbocycles. The van der Waals surface area contributed by atoms with E-state index in [0.29, 0.717) is 11.4 Å². The van der Waals surface area contributed by atoms with Crippen LogP contribution in [0, 0.1) is 6.92 Å². The van der Waals surface area contributed by atoms with E-state index in [9.17, 15) is 18.3 Å². The normalized spacial score (nSPS) is 17.3. The van der Waals surface area contributed by atoms with Crippen LogP contribution < -0.4 is 15.1 Å². The number of pyridine rings is 2. The van der Waals surface area contributed by atoms with Crippen LogP contribution >= 0.6 is 0 Å². The summed E-state index contributed by atoms with van der Waals surface area (Å²) in [4.78, 5) is 22.8. The summed E-state index contributed by atoms with van der Waals surface area (Å²) in [5.41, 5.74) is 3.36. The third kappa shape index (κ3) is 6.81. The molecule has 2 aliphatic heterocycles. The Morgan fingerprint density at radius 3 is 1.90 bits per heavy atom. The van der Waals surface area contributed by atoms with E-state index >= 15 is 0 Å². The lowest BCUT2D eigenvalue weighted by Crippen LogP contribution is -2.52. The summed E-state index contributed by atoms with van der Waals surface area (Å²) in [6, 6.07) is 14.4. The highest BCUT2D eigenvalue weighted by Crippen LogP contribution is 2.37. The lowest BCUT2D eigenvalue weighted by atomic mass is 10.1. The lowest BCUT2D eigenvalue weighted by Gasteiger charge is -2.33. The molecule has 260 valence electrons. The lowest BCUT2D eigenvalue weighted by molar-refractivity contribution is -0.140. The average molecular weight is 687 g/mol. The Morgan fingerprint density at radius 1 is 0.740 bits per heavy atom. The van der Waals surface area contributed by atoms with Crippen molar-refractivity contribution in [1.29, 1.82) is 0 Å². The number of piperazine rings is 2. The van der Waals surface area contributed by atoms with Gasteiger partial charge in [-0.1, -0.05) is 0 Å². The van der Waals surface area contributed by atoms with Gasteiger partial charge in [-0.15, -0.1) is 10.2 Å². The van der Waals surface area contributed by atoms with Crippen LogP contribution in [0.4, 0.5) is 24.8 Å². The number of likely N-dealkylation sites (N-methyl/N-ethyl adjacent to an activating group) is 1. The molecule has 2 aliphatic rings. The number of rotatable bonds is 5. The molecule has 13 nitrogen and oxygen atoms in total. The van der Waals surface area contributed by atoms with Crippen molar-refractivity contribution < 1.29 is 18.3 Å². The molecule has 0 spiro atoms. The number of fused-ring (bicyclic) bond motifs is 2.